The number of pyridine rings is 1. The van der Waals surface area contributed by atoms with Gasteiger partial charge in [0, 0.05) is 42.8 Å². The molecule has 3 aromatic rings. The third-order valence-electron chi connectivity index (χ3n) is 5.74. The van der Waals surface area contributed by atoms with E-state index >= 15 is 0 Å². The number of amides is 1. The van der Waals surface area contributed by atoms with Crippen molar-refractivity contribution >= 4 is 28.9 Å². The summed E-state index contributed by atoms with van der Waals surface area (Å²) in [5.41, 5.74) is 2.51. The zero-order valence-corrected chi connectivity index (χ0v) is 19.8. The van der Waals surface area contributed by atoms with E-state index in [0.29, 0.717) is 17.3 Å². The summed E-state index contributed by atoms with van der Waals surface area (Å²) in [4.78, 5) is 19.2. The molecule has 0 saturated carbocycles. The molecule has 1 aliphatic heterocycles. The van der Waals surface area contributed by atoms with Crippen molar-refractivity contribution in [2.24, 2.45) is 0 Å². The predicted molar refractivity (Wildman–Crippen MR) is 131 cm³/mol. The number of halogens is 1. The Morgan fingerprint density at radius 2 is 1.94 bits per heavy atom. The molecule has 2 N–H and O–H groups in total. The first-order valence-electron chi connectivity index (χ1n) is 10.9. The molecule has 1 aliphatic rings. The second-order valence-corrected chi connectivity index (χ2v) is 9.53. The summed E-state index contributed by atoms with van der Waals surface area (Å²) < 4.78 is 15.3. The van der Waals surface area contributed by atoms with Crippen LogP contribution in [0.3, 0.4) is 0 Å². The van der Waals surface area contributed by atoms with E-state index < -0.39 is 0 Å². The molecule has 1 fully saturated rings. The summed E-state index contributed by atoms with van der Waals surface area (Å²) in [6.45, 7) is 6.90. The van der Waals surface area contributed by atoms with E-state index in [1.165, 1.54) is 12.1 Å². The van der Waals surface area contributed by atoms with E-state index in [2.05, 4.69) is 64.3 Å². The molecule has 0 unspecified atom stereocenters. The van der Waals surface area contributed by atoms with Gasteiger partial charge >= 0.3 is 0 Å². The summed E-state index contributed by atoms with van der Waals surface area (Å²) in [6, 6.07) is 13.4. The minimum atomic E-state index is -0.341. The average Bonchev–Trinajstić information content (AvgIpc) is 3.39. The predicted octanol–water partition coefficient (Wildman–Crippen LogP) is 4.78. The molecule has 172 valence electrons. The number of aromatic nitrogens is 2. The number of carbonyl (C=O) groups excluding carboxylic acids is 1. The van der Waals surface area contributed by atoms with E-state index in [9.17, 15) is 9.18 Å². The van der Waals surface area contributed by atoms with Crippen molar-refractivity contribution in [2.45, 2.75) is 44.8 Å². The molecule has 2 atom stereocenters. The van der Waals surface area contributed by atoms with Gasteiger partial charge in [0.05, 0.1) is 17.8 Å². The summed E-state index contributed by atoms with van der Waals surface area (Å²) in [5.74, 6) is -0.496. The minimum absolute atomic E-state index is 0.0504. The van der Waals surface area contributed by atoms with Gasteiger partial charge in [-0.05, 0) is 81.0 Å². The van der Waals surface area contributed by atoms with Crippen molar-refractivity contribution in [3.8, 4) is 0 Å². The van der Waals surface area contributed by atoms with Crippen LogP contribution in [0.25, 0.3) is 0 Å². The van der Waals surface area contributed by atoms with Crippen LogP contribution in [-0.4, -0.2) is 32.0 Å². The van der Waals surface area contributed by atoms with Gasteiger partial charge in [-0.15, -0.1) is 0 Å². The molecule has 1 amide bonds. The monoisotopic (exact) mass is 465 g/mol. The van der Waals surface area contributed by atoms with Crippen LogP contribution in [0.15, 0.2) is 67.1 Å². The number of anilines is 1. The Bertz CT molecular complexity index is 1120. The van der Waals surface area contributed by atoms with Crippen LogP contribution in [0.2, 0.25) is 0 Å². The lowest BCUT2D eigenvalue weighted by atomic mass is 9.99. The maximum absolute atomic E-state index is 13.1. The van der Waals surface area contributed by atoms with Crippen molar-refractivity contribution < 1.29 is 9.18 Å². The SMILES string of the molecule is CC(C)(C)n1ccc([C@H]2[C@H](c3ccccn3)NC(=S)N2CCC(=O)Nc2ccc(F)cc2)c1. The molecule has 6 nitrogen and oxygen atoms in total. The maximum atomic E-state index is 13.1. The van der Waals surface area contributed by atoms with Crippen molar-refractivity contribution in [2.75, 3.05) is 11.9 Å². The van der Waals surface area contributed by atoms with Gasteiger partial charge < -0.3 is 20.1 Å². The van der Waals surface area contributed by atoms with Crippen molar-refractivity contribution in [3.63, 3.8) is 0 Å². The molecule has 4 rings (SSSR count). The third-order valence-corrected chi connectivity index (χ3v) is 6.09. The molecule has 33 heavy (non-hydrogen) atoms. The maximum Gasteiger partial charge on any atom is 0.226 e. The van der Waals surface area contributed by atoms with E-state index in [4.69, 9.17) is 12.2 Å². The Morgan fingerprint density at radius 3 is 2.58 bits per heavy atom. The molecule has 0 bridgehead atoms. The highest BCUT2D eigenvalue weighted by Crippen LogP contribution is 2.39. The molecular formula is C25H28FN5OS. The van der Waals surface area contributed by atoms with Crippen LogP contribution < -0.4 is 10.6 Å². The van der Waals surface area contributed by atoms with Gasteiger partial charge in [0.2, 0.25) is 5.91 Å². The zero-order chi connectivity index (χ0) is 23.6. The number of rotatable bonds is 6. The van der Waals surface area contributed by atoms with E-state index in [-0.39, 0.29) is 35.8 Å². The fourth-order valence-corrected chi connectivity index (χ4v) is 4.33. The average molecular weight is 466 g/mol. The highest BCUT2D eigenvalue weighted by molar-refractivity contribution is 7.80. The van der Waals surface area contributed by atoms with Crippen molar-refractivity contribution in [3.05, 3.63) is 84.2 Å². The molecule has 1 aromatic carbocycles. The fourth-order valence-electron chi connectivity index (χ4n) is 3.99. The van der Waals surface area contributed by atoms with Gasteiger partial charge in [-0.3, -0.25) is 9.78 Å². The molecule has 2 aromatic heterocycles. The van der Waals surface area contributed by atoms with Crippen molar-refractivity contribution in [1.82, 2.24) is 19.8 Å². The first kappa shape index (κ1) is 22.9. The van der Waals surface area contributed by atoms with Crippen LogP contribution in [0.5, 0.6) is 0 Å². The number of benzene rings is 1. The first-order valence-corrected chi connectivity index (χ1v) is 11.3. The summed E-state index contributed by atoms with van der Waals surface area (Å²) in [5, 5.41) is 6.82. The molecule has 1 saturated heterocycles. The molecule has 3 heterocycles. The van der Waals surface area contributed by atoms with Gasteiger partial charge in [-0.2, -0.15) is 0 Å². The van der Waals surface area contributed by atoms with Gasteiger partial charge in [-0.1, -0.05) is 6.07 Å². The number of carbonyl (C=O) groups is 1. The van der Waals surface area contributed by atoms with Gasteiger partial charge in [0.25, 0.3) is 0 Å². The number of nitrogens with one attached hydrogen (secondary N) is 2. The zero-order valence-electron chi connectivity index (χ0n) is 19.0. The Labute approximate surface area is 198 Å². The van der Waals surface area contributed by atoms with Gasteiger partial charge in [0.1, 0.15) is 5.82 Å². The minimum Gasteiger partial charge on any atom is -0.352 e. The molecule has 8 heteroatoms. The fraction of sp³-hybridized carbons (Fsp3) is 0.320. The van der Waals surface area contributed by atoms with E-state index in [0.717, 1.165) is 11.3 Å². The second kappa shape index (κ2) is 9.31. The largest absolute Gasteiger partial charge is 0.352 e. The van der Waals surface area contributed by atoms with E-state index in [1.807, 2.05) is 18.2 Å². The first-order chi connectivity index (χ1) is 15.7. The van der Waals surface area contributed by atoms with E-state index in [1.54, 1.807) is 18.3 Å². The van der Waals surface area contributed by atoms with Gasteiger partial charge in [-0.25, -0.2) is 4.39 Å². The standard InChI is InChI=1S/C25H28FN5OS/c1-25(2,3)30-14-11-17(16-30)23-22(20-6-4-5-13-27-20)29-24(33)31(23)15-12-21(32)28-19-9-7-18(26)8-10-19/h4-11,13-14,16,22-23H,12,15H2,1-3H3,(H,28,32)(H,29,33)/t22-,23-/m0/s1. The Balaban J connectivity index is 1.55. The lowest BCUT2D eigenvalue weighted by Gasteiger charge is -2.27. The number of nitrogens with zero attached hydrogens (tertiary/aromatic N) is 3. The van der Waals surface area contributed by atoms with Crippen LogP contribution in [0.1, 0.15) is 50.5 Å². The lowest BCUT2D eigenvalue weighted by Crippen LogP contribution is -2.32. The normalized spacial score (nSPS) is 18.3. The number of thiocarbonyl (C=S) groups is 1. The van der Waals surface area contributed by atoms with Crippen LogP contribution >= 0.6 is 12.2 Å². The van der Waals surface area contributed by atoms with Gasteiger partial charge in [0.15, 0.2) is 5.11 Å². The molecule has 0 radical (unpaired) electrons. The lowest BCUT2D eigenvalue weighted by molar-refractivity contribution is -0.116. The second-order valence-electron chi connectivity index (χ2n) is 9.15. The molecule has 0 spiro atoms. The van der Waals surface area contributed by atoms with Crippen molar-refractivity contribution in [1.29, 1.82) is 0 Å². The highest BCUT2D eigenvalue weighted by Gasteiger charge is 2.40. The topological polar surface area (TPSA) is 62.2 Å². The third kappa shape index (κ3) is 5.22. The smallest absolute Gasteiger partial charge is 0.226 e. The van der Waals surface area contributed by atoms with Crippen LogP contribution in [0, 0.1) is 5.82 Å². The summed E-state index contributed by atoms with van der Waals surface area (Å²) >= 11 is 5.68. The van der Waals surface area contributed by atoms with Crippen LogP contribution in [0.4, 0.5) is 10.1 Å². The summed E-state index contributed by atoms with van der Waals surface area (Å²) in [6.07, 6.45) is 6.23. The number of hydrogen-bond acceptors (Lipinski definition) is 3. The Morgan fingerprint density at radius 1 is 1.18 bits per heavy atom. The molecule has 0 aliphatic carbocycles. The Kier molecular flexibility index (Phi) is 6.47. The number of hydrogen-bond donors (Lipinski definition) is 2. The Hall–Kier alpha value is -3.26. The molecular weight excluding hydrogens is 437 g/mol. The summed E-state index contributed by atoms with van der Waals surface area (Å²) in [7, 11) is 0. The quantitative estimate of drug-likeness (QED) is 0.513. The van der Waals surface area contributed by atoms with Crippen LogP contribution in [-0.2, 0) is 10.3 Å². The highest BCUT2D eigenvalue weighted by atomic mass is 32.1.